The third-order valence-electron chi connectivity index (χ3n) is 4.16. The lowest BCUT2D eigenvalue weighted by Gasteiger charge is -2.16. The maximum Gasteiger partial charge on any atom is 0.243 e. The molecular formula is C18H19Cl2N3O4S. The number of carbonyl (C=O) groups excluding carboxylic acids is 1. The Bertz CT molecular complexity index is 947. The van der Waals surface area contributed by atoms with Crippen molar-refractivity contribution in [1.82, 2.24) is 0 Å². The third kappa shape index (κ3) is 5.75. The van der Waals surface area contributed by atoms with Crippen LogP contribution in [0.2, 0.25) is 10.0 Å². The highest BCUT2D eigenvalue weighted by atomic mass is 35.5. The van der Waals surface area contributed by atoms with Crippen molar-refractivity contribution in [2.24, 2.45) is 0 Å². The number of halogens is 2. The first kappa shape index (κ1) is 20.7. The predicted octanol–water partition coefficient (Wildman–Crippen LogP) is 2.61. The lowest BCUT2D eigenvalue weighted by Crippen LogP contribution is -2.31. The van der Waals surface area contributed by atoms with Crippen LogP contribution in [0, 0.1) is 0 Å². The van der Waals surface area contributed by atoms with Gasteiger partial charge in [-0.3, -0.25) is 4.79 Å². The van der Waals surface area contributed by atoms with E-state index in [0.29, 0.717) is 27.1 Å². The Balaban J connectivity index is 1.51. The molecule has 0 spiro atoms. The summed E-state index contributed by atoms with van der Waals surface area (Å²) in [6.45, 7) is 0.0382. The van der Waals surface area contributed by atoms with Crippen molar-refractivity contribution in [2.75, 3.05) is 34.0 Å². The van der Waals surface area contributed by atoms with Crippen molar-refractivity contribution >= 4 is 56.0 Å². The minimum absolute atomic E-state index is 0.0382. The number of aliphatic hydroxyl groups is 1. The molecule has 2 aromatic rings. The topological polar surface area (TPSA) is 108 Å². The number of aliphatic hydroxyl groups excluding tert-OH is 1. The van der Waals surface area contributed by atoms with Crippen molar-refractivity contribution in [3.63, 3.8) is 0 Å². The Kier molecular flexibility index (Phi) is 6.34. The number of hydrogen-bond donors (Lipinski definition) is 4. The highest BCUT2D eigenvalue weighted by Crippen LogP contribution is 2.23. The average Bonchev–Trinajstić information content (AvgIpc) is 2.85. The fraction of sp³-hybridized carbons (Fsp3) is 0.278. The molecule has 28 heavy (non-hydrogen) atoms. The quantitative estimate of drug-likeness (QED) is 0.546. The molecule has 1 amide bonds. The molecule has 0 bridgehead atoms. The summed E-state index contributed by atoms with van der Waals surface area (Å²) in [7, 11) is -3.21. The van der Waals surface area contributed by atoms with Gasteiger partial charge < -0.3 is 21.1 Å². The Morgan fingerprint density at radius 1 is 1.00 bits per heavy atom. The zero-order valence-corrected chi connectivity index (χ0v) is 17.0. The van der Waals surface area contributed by atoms with Gasteiger partial charge >= 0.3 is 0 Å². The summed E-state index contributed by atoms with van der Waals surface area (Å²) in [6.07, 6.45) is -0.925. The molecule has 1 fully saturated rings. The number of benzene rings is 2. The number of hydrogen-bond acceptors (Lipinski definition) is 6. The van der Waals surface area contributed by atoms with E-state index in [4.69, 9.17) is 23.2 Å². The fourth-order valence-corrected chi connectivity index (χ4v) is 5.15. The monoisotopic (exact) mass is 443 g/mol. The first-order chi connectivity index (χ1) is 13.2. The molecule has 2 aromatic carbocycles. The number of rotatable bonds is 6. The van der Waals surface area contributed by atoms with E-state index in [-0.39, 0.29) is 24.0 Å². The zero-order valence-electron chi connectivity index (χ0n) is 14.7. The first-order valence-corrected chi connectivity index (χ1v) is 11.0. The standard InChI is InChI=1S/C18H19Cl2N3O4S/c19-11-5-12(20)7-15(6-11)23-18(25)8-21-13-1-3-14(4-2-13)22-16-9-28(26,27)10-17(16)24/h1-7,16-17,21-22,24H,8-10H2,(H,23,25). The van der Waals surface area contributed by atoms with Crippen LogP contribution >= 0.6 is 23.2 Å². The summed E-state index contributed by atoms with van der Waals surface area (Å²) < 4.78 is 23.1. The molecule has 1 aliphatic heterocycles. The summed E-state index contributed by atoms with van der Waals surface area (Å²) in [5.74, 6) is -0.584. The van der Waals surface area contributed by atoms with Crippen LogP contribution in [0.5, 0.6) is 0 Å². The summed E-state index contributed by atoms with van der Waals surface area (Å²) in [5, 5.41) is 19.4. The highest BCUT2D eigenvalue weighted by Gasteiger charge is 2.36. The van der Waals surface area contributed by atoms with Gasteiger partial charge in [0.1, 0.15) is 0 Å². The Morgan fingerprint density at radius 2 is 1.61 bits per heavy atom. The van der Waals surface area contributed by atoms with E-state index < -0.39 is 22.0 Å². The van der Waals surface area contributed by atoms with E-state index in [2.05, 4.69) is 16.0 Å². The number of sulfone groups is 1. The molecule has 1 saturated heterocycles. The van der Waals surface area contributed by atoms with Crippen molar-refractivity contribution in [2.45, 2.75) is 12.1 Å². The minimum Gasteiger partial charge on any atom is -0.390 e. The van der Waals surface area contributed by atoms with Crippen LogP contribution < -0.4 is 16.0 Å². The second kappa shape index (κ2) is 8.57. The van der Waals surface area contributed by atoms with Crippen LogP contribution in [-0.2, 0) is 14.6 Å². The highest BCUT2D eigenvalue weighted by molar-refractivity contribution is 7.91. The van der Waals surface area contributed by atoms with E-state index in [1.165, 1.54) is 0 Å². The van der Waals surface area contributed by atoms with Crippen LogP contribution in [0.3, 0.4) is 0 Å². The summed E-state index contributed by atoms with van der Waals surface area (Å²) in [4.78, 5) is 12.0. The molecule has 0 saturated carbocycles. The van der Waals surface area contributed by atoms with Crippen LogP contribution in [0.25, 0.3) is 0 Å². The molecule has 0 aliphatic carbocycles. The second-order valence-electron chi connectivity index (χ2n) is 6.53. The second-order valence-corrected chi connectivity index (χ2v) is 9.56. The number of nitrogens with one attached hydrogen (secondary N) is 3. The molecule has 0 aromatic heterocycles. The Hall–Kier alpha value is -2.00. The Morgan fingerprint density at radius 3 is 2.18 bits per heavy atom. The molecule has 4 N–H and O–H groups in total. The molecular weight excluding hydrogens is 425 g/mol. The van der Waals surface area contributed by atoms with E-state index in [9.17, 15) is 18.3 Å². The molecule has 2 unspecified atom stereocenters. The van der Waals surface area contributed by atoms with Gasteiger partial charge in [-0.2, -0.15) is 0 Å². The predicted molar refractivity (Wildman–Crippen MR) is 112 cm³/mol. The van der Waals surface area contributed by atoms with Crippen LogP contribution in [0.1, 0.15) is 0 Å². The van der Waals surface area contributed by atoms with Gasteiger partial charge in [0, 0.05) is 27.1 Å². The molecule has 7 nitrogen and oxygen atoms in total. The van der Waals surface area contributed by atoms with Gasteiger partial charge in [0.25, 0.3) is 0 Å². The normalized spacial score (nSPS) is 20.5. The minimum atomic E-state index is -3.21. The summed E-state index contributed by atoms with van der Waals surface area (Å²) in [6, 6.07) is 11.2. The Labute approximate surface area is 173 Å². The lowest BCUT2D eigenvalue weighted by atomic mass is 10.2. The molecule has 3 rings (SSSR count). The molecule has 2 atom stereocenters. The van der Waals surface area contributed by atoms with Crippen LogP contribution in [0.4, 0.5) is 17.1 Å². The molecule has 1 heterocycles. The van der Waals surface area contributed by atoms with Crippen molar-refractivity contribution in [3.8, 4) is 0 Å². The van der Waals surface area contributed by atoms with Crippen LogP contribution in [0.15, 0.2) is 42.5 Å². The third-order valence-corrected chi connectivity index (χ3v) is 6.31. The average molecular weight is 444 g/mol. The van der Waals surface area contributed by atoms with Gasteiger partial charge in [0.15, 0.2) is 9.84 Å². The van der Waals surface area contributed by atoms with Crippen LogP contribution in [-0.4, -0.2) is 49.6 Å². The maximum atomic E-state index is 12.0. The van der Waals surface area contributed by atoms with Gasteiger partial charge in [-0.25, -0.2) is 8.42 Å². The molecule has 150 valence electrons. The van der Waals surface area contributed by atoms with Gasteiger partial charge in [0.05, 0.1) is 30.2 Å². The lowest BCUT2D eigenvalue weighted by molar-refractivity contribution is -0.114. The van der Waals surface area contributed by atoms with Crippen molar-refractivity contribution in [1.29, 1.82) is 0 Å². The zero-order chi connectivity index (χ0) is 20.3. The maximum absolute atomic E-state index is 12.0. The number of anilines is 3. The summed E-state index contributed by atoms with van der Waals surface area (Å²) >= 11 is 11.8. The van der Waals surface area contributed by atoms with Gasteiger partial charge in [-0.05, 0) is 42.5 Å². The molecule has 1 aliphatic rings. The van der Waals surface area contributed by atoms with Gasteiger partial charge in [-0.1, -0.05) is 23.2 Å². The largest absolute Gasteiger partial charge is 0.390 e. The number of amides is 1. The van der Waals surface area contributed by atoms with E-state index >= 15 is 0 Å². The van der Waals surface area contributed by atoms with E-state index in [1.54, 1.807) is 42.5 Å². The van der Waals surface area contributed by atoms with Crippen molar-refractivity contribution < 1.29 is 18.3 Å². The molecule has 0 radical (unpaired) electrons. The summed E-state index contributed by atoms with van der Waals surface area (Å²) in [5.41, 5.74) is 1.91. The smallest absolute Gasteiger partial charge is 0.243 e. The van der Waals surface area contributed by atoms with Gasteiger partial charge in [0.2, 0.25) is 5.91 Å². The first-order valence-electron chi connectivity index (χ1n) is 8.45. The van der Waals surface area contributed by atoms with E-state index in [0.717, 1.165) is 0 Å². The SMILES string of the molecule is O=C(CNc1ccc(NC2CS(=O)(=O)CC2O)cc1)Nc1cc(Cl)cc(Cl)c1. The number of carbonyl (C=O) groups is 1. The van der Waals surface area contributed by atoms with Crippen molar-refractivity contribution in [3.05, 3.63) is 52.5 Å². The molecule has 10 heteroatoms. The van der Waals surface area contributed by atoms with Gasteiger partial charge in [-0.15, -0.1) is 0 Å². The van der Waals surface area contributed by atoms with E-state index in [1.807, 2.05) is 0 Å². The fourth-order valence-electron chi connectivity index (χ4n) is 2.88.